The molecule has 1 N–H and O–H groups in total. The predicted molar refractivity (Wildman–Crippen MR) is 71.3 cm³/mol. The fraction of sp³-hybridized carbons (Fsp3) is 0.357. The molecule has 0 amide bonds. The highest BCUT2D eigenvalue weighted by atomic mass is 32.1. The summed E-state index contributed by atoms with van der Waals surface area (Å²) in [6, 6.07) is 10.4. The van der Waals surface area contributed by atoms with Crippen molar-refractivity contribution in [2.24, 2.45) is 0 Å². The van der Waals surface area contributed by atoms with Gasteiger partial charge in [0.1, 0.15) is 0 Å². The number of aliphatic hydroxyl groups excluding tert-OH is 1. The van der Waals surface area contributed by atoms with Gasteiger partial charge in [0.05, 0.1) is 17.3 Å². The van der Waals surface area contributed by atoms with Gasteiger partial charge in [-0.3, -0.25) is 0 Å². The molecular weight excluding hydrogens is 230 g/mol. The van der Waals surface area contributed by atoms with Crippen LogP contribution in [0.3, 0.4) is 0 Å². The maximum Gasteiger partial charge on any atom is 0.0935 e. The van der Waals surface area contributed by atoms with Gasteiger partial charge in [-0.2, -0.15) is 0 Å². The number of rotatable bonds is 5. The SMILES string of the molecule is CCc1sc(CCc2ccccc2)nc1CO. The number of hydrogen-bond acceptors (Lipinski definition) is 3. The summed E-state index contributed by atoms with van der Waals surface area (Å²) in [6.45, 7) is 2.17. The molecule has 1 heterocycles. The van der Waals surface area contributed by atoms with Crippen LogP contribution in [0, 0.1) is 0 Å². The van der Waals surface area contributed by atoms with Crippen molar-refractivity contribution in [1.82, 2.24) is 4.98 Å². The summed E-state index contributed by atoms with van der Waals surface area (Å²) in [4.78, 5) is 5.70. The number of aryl methyl sites for hydroxylation is 3. The minimum Gasteiger partial charge on any atom is -0.390 e. The number of nitrogens with zero attached hydrogens (tertiary/aromatic N) is 1. The van der Waals surface area contributed by atoms with Gasteiger partial charge >= 0.3 is 0 Å². The zero-order valence-corrected chi connectivity index (χ0v) is 10.8. The molecule has 2 aromatic rings. The smallest absolute Gasteiger partial charge is 0.0935 e. The third-order valence-electron chi connectivity index (χ3n) is 2.76. The summed E-state index contributed by atoms with van der Waals surface area (Å²) in [5.41, 5.74) is 2.20. The third kappa shape index (κ3) is 3.14. The molecule has 0 saturated heterocycles. The third-order valence-corrected chi connectivity index (χ3v) is 4.07. The predicted octanol–water partition coefficient (Wildman–Crippen LogP) is 2.98. The van der Waals surface area contributed by atoms with Crippen LogP contribution in [0.4, 0.5) is 0 Å². The number of aromatic nitrogens is 1. The Morgan fingerprint density at radius 2 is 1.94 bits per heavy atom. The molecule has 0 unspecified atom stereocenters. The lowest BCUT2D eigenvalue weighted by Crippen LogP contribution is -1.92. The number of aliphatic hydroxyl groups is 1. The second-order valence-electron chi connectivity index (χ2n) is 3.97. The van der Waals surface area contributed by atoms with Gasteiger partial charge in [0.25, 0.3) is 0 Å². The molecule has 0 aliphatic carbocycles. The Hall–Kier alpha value is -1.19. The minimum absolute atomic E-state index is 0.0605. The van der Waals surface area contributed by atoms with Gasteiger partial charge in [-0.05, 0) is 18.4 Å². The van der Waals surface area contributed by atoms with E-state index in [1.165, 1.54) is 10.4 Å². The molecule has 2 nitrogen and oxygen atoms in total. The Kier molecular flexibility index (Phi) is 4.29. The van der Waals surface area contributed by atoms with Crippen molar-refractivity contribution < 1.29 is 5.11 Å². The fourth-order valence-corrected chi connectivity index (χ4v) is 2.86. The van der Waals surface area contributed by atoms with Crippen LogP contribution in [0.25, 0.3) is 0 Å². The normalized spacial score (nSPS) is 10.7. The van der Waals surface area contributed by atoms with Crippen LogP contribution in [0.15, 0.2) is 30.3 Å². The van der Waals surface area contributed by atoms with E-state index in [2.05, 4.69) is 36.2 Å². The van der Waals surface area contributed by atoms with Crippen LogP contribution >= 0.6 is 11.3 Å². The zero-order valence-electron chi connectivity index (χ0n) is 10.0. The first-order chi connectivity index (χ1) is 8.33. The van der Waals surface area contributed by atoms with Crippen molar-refractivity contribution in [1.29, 1.82) is 0 Å². The quantitative estimate of drug-likeness (QED) is 0.881. The lowest BCUT2D eigenvalue weighted by Gasteiger charge is -1.97. The fourth-order valence-electron chi connectivity index (χ4n) is 1.84. The molecule has 0 radical (unpaired) electrons. The highest BCUT2D eigenvalue weighted by molar-refractivity contribution is 7.11. The van der Waals surface area contributed by atoms with Crippen LogP contribution in [0.2, 0.25) is 0 Å². The number of benzene rings is 1. The number of hydrogen-bond donors (Lipinski definition) is 1. The molecule has 0 saturated carbocycles. The van der Waals surface area contributed by atoms with Gasteiger partial charge < -0.3 is 5.11 Å². The average molecular weight is 247 g/mol. The molecule has 0 atom stereocenters. The Labute approximate surface area is 106 Å². The van der Waals surface area contributed by atoms with E-state index in [0.717, 1.165) is 30.0 Å². The van der Waals surface area contributed by atoms with Crippen molar-refractivity contribution in [3.05, 3.63) is 51.5 Å². The first kappa shape index (κ1) is 12.3. The topological polar surface area (TPSA) is 33.1 Å². The Bertz CT molecular complexity index is 443. The maximum atomic E-state index is 9.19. The standard InChI is InChI=1S/C14H17NOS/c1-2-13-12(10-16)15-14(17-13)9-8-11-6-4-3-5-7-11/h3-7,16H,2,8-10H2,1H3. The molecule has 90 valence electrons. The average Bonchev–Trinajstić information content (AvgIpc) is 2.80. The second-order valence-corrected chi connectivity index (χ2v) is 5.14. The molecular formula is C14H17NOS. The summed E-state index contributed by atoms with van der Waals surface area (Å²) < 4.78 is 0. The molecule has 0 spiro atoms. The summed E-state index contributed by atoms with van der Waals surface area (Å²) >= 11 is 1.73. The molecule has 0 aliphatic heterocycles. The molecule has 1 aromatic heterocycles. The van der Waals surface area contributed by atoms with E-state index in [1.807, 2.05) is 6.07 Å². The Balaban J connectivity index is 2.02. The summed E-state index contributed by atoms with van der Waals surface area (Å²) in [7, 11) is 0. The molecule has 3 heteroatoms. The molecule has 0 fully saturated rings. The molecule has 0 bridgehead atoms. The largest absolute Gasteiger partial charge is 0.390 e. The maximum absolute atomic E-state index is 9.19. The summed E-state index contributed by atoms with van der Waals surface area (Å²) in [6.07, 6.45) is 2.93. The van der Waals surface area contributed by atoms with Crippen LogP contribution in [0.1, 0.15) is 28.1 Å². The molecule has 0 aliphatic rings. The van der Waals surface area contributed by atoms with Crippen LogP contribution in [-0.2, 0) is 25.9 Å². The molecule has 2 rings (SSSR count). The van der Waals surface area contributed by atoms with E-state index in [-0.39, 0.29) is 6.61 Å². The monoisotopic (exact) mass is 247 g/mol. The van der Waals surface area contributed by atoms with Gasteiger partial charge in [-0.25, -0.2) is 4.98 Å². The van der Waals surface area contributed by atoms with Crippen molar-refractivity contribution in [2.45, 2.75) is 32.8 Å². The summed E-state index contributed by atoms with van der Waals surface area (Å²) in [5, 5.41) is 10.3. The van der Waals surface area contributed by atoms with Gasteiger partial charge in [-0.15, -0.1) is 11.3 Å². The Morgan fingerprint density at radius 1 is 1.18 bits per heavy atom. The first-order valence-electron chi connectivity index (χ1n) is 5.95. The van der Waals surface area contributed by atoms with E-state index in [1.54, 1.807) is 11.3 Å². The van der Waals surface area contributed by atoms with Crippen molar-refractivity contribution >= 4 is 11.3 Å². The van der Waals surface area contributed by atoms with Crippen molar-refractivity contribution in [3.8, 4) is 0 Å². The van der Waals surface area contributed by atoms with Gasteiger partial charge in [-0.1, -0.05) is 37.3 Å². The minimum atomic E-state index is 0.0605. The second kappa shape index (κ2) is 5.94. The highest BCUT2D eigenvalue weighted by Gasteiger charge is 2.08. The van der Waals surface area contributed by atoms with Gasteiger partial charge in [0, 0.05) is 11.3 Å². The van der Waals surface area contributed by atoms with E-state index in [4.69, 9.17) is 0 Å². The van der Waals surface area contributed by atoms with E-state index in [0.29, 0.717) is 0 Å². The van der Waals surface area contributed by atoms with E-state index in [9.17, 15) is 5.11 Å². The lowest BCUT2D eigenvalue weighted by molar-refractivity contribution is 0.276. The molecule has 1 aromatic carbocycles. The van der Waals surface area contributed by atoms with Gasteiger partial charge in [0.15, 0.2) is 0 Å². The van der Waals surface area contributed by atoms with Crippen LogP contribution in [-0.4, -0.2) is 10.1 Å². The highest BCUT2D eigenvalue weighted by Crippen LogP contribution is 2.20. The van der Waals surface area contributed by atoms with Crippen molar-refractivity contribution in [2.75, 3.05) is 0 Å². The Morgan fingerprint density at radius 3 is 2.53 bits per heavy atom. The zero-order chi connectivity index (χ0) is 12.1. The molecule has 17 heavy (non-hydrogen) atoms. The van der Waals surface area contributed by atoms with Crippen molar-refractivity contribution in [3.63, 3.8) is 0 Å². The van der Waals surface area contributed by atoms with Gasteiger partial charge in [0.2, 0.25) is 0 Å². The van der Waals surface area contributed by atoms with E-state index < -0.39 is 0 Å². The number of thiazole rings is 1. The van der Waals surface area contributed by atoms with Crippen LogP contribution < -0.4 is 0 Å². The van der Waals surface area contributed by atoms with E-state index >= 15 is 0 Å². The summed E-state index contributed by atoms with van der Waals surface area (Å²) in [5.74, 6) is 0. The first-order valence-corrected chi connectivity index (χ1v) is 6.77. The van der Waals surface area contributed by atoms with Crippen LogP contribution in [0.5, 0.6) is 0 Å². The lowest BCUT2D eigenvalue weighted by atomic mass is 10.1.